The van der Waals surface area contributed by atoms with Gasteiger partial charge in [0.05, 0.1) is 5.39 Å². The highest BCUT2D eigenvalue weighted by atomic mass is 16.3. The van der Waals surface area contributed by atoms with Crippen LogP contribution in [0, 0.1) is 6.85 Å². The standard InChI is InChI=1S/C36H24BN3O/c1-23-19-20-38-36-34(23)26-21-32-28(22-33(26)41-36)37-27-15-8-9-16-29(27)39(24-11-4-2-5-12-24)30-17-10-18-31(35(30)37)40(32)25-13-6-3-7-14-25/h2-22H,1H3/i1D3. The Morgan fingerprint density at radius 2 is 1.32 bits per heavy atom. The van der Waals surface area contributed by atoms with Crippen molar-refractivity contribution in [3.8, 4) is 0 Å². The van der Waals surface area contributed by atoms with Gasteiger partial charge in [-0.05, 0) is 89.5 Å². The summed E-state index contributed by atoms with van der Waals surface area (Å²) in [5.74, 6) is 0. The van der Waals surface area contributed by atoms with Crippen LogP contribution in [0.15, 0.2) is 132 Å². The van der Waals surface area contributed by atoms with E-state index in [9.17, 15) is 0 Å². The van der Waals surface area contributed by atoms with Crippen molar-refractivity contribution in [1.29, 1.82) is 0 Å². The van der Waals surface area contributed by atoms with Crippen LogP contribution in [0.25, 0.3) is 22.1 Å². The van der Waals surface area contributed by atoms with Crippen molar-refractivity contribution in [2.45, 2.75) is 6.85 Å². The quantitative estimate of drug-likeness (QED) is 0.219. The lowest BCUT2D eigenvalue weighted by Gasteiger charge is -2.44. The molecule has 41 heavy (non-hydrogen) atoms. The van der Waals surface area contributed by atoms with Gasteiger partial charge >= 0.3 is 0 Å². The Kier molecular flexibility index (Phi) is 4.02. The second kappa shape index (κ2) is 8.36. The summed E-state index contributed by atoms with van der Waals surface area (Å²) in [5.41, 5.74) is 11.1. The maximum absolute atomic E-state index is 8.24. The van der Waals surface area contributed by atoms with Crippen LogP contribution < -0.4 is 26.2 Å². The third-order valence-corrected chi connectivity index (χ3v) is 8.42. The molecule has 0 amide bonds. The average Bonchev–Trinajstić information content (AvgIpc) is 3.41. The second-order valence-electron chi connectivity index (χ2n) is 10.6. The van der Waals surface area contributed by atoms with Crippen LogP contribution in [-0.4, -0.2) is 11.7 Å². The molecule has 0 saturated heterocycles. The summed E-state index contributed by atoms with van der Waals surface area (Å²) in [6, 6.07) is 41.7. The van der Waals surface area contributed by atoms with Gasteiger partial charge in [-0.15, -0.1) is 0 Å². The molecule has 9 rings (SSSR count). The van der Waals surface area contributed by atoms with Crippen molar-refractivity contribution >= 4 is 79.3 Å². The lowest BCUT2D eigenvalue weighted by atomic mass is 9.33. The SMILES string of the molecule is [2H]C([2H])([2H])c1ccnc2oc3cc4c(cc3c12)N(c1ccccc1)c1cccc2c1B4c1ccccc1N2c1ccccc1. The minimum Gasteiger partial charge on any atom is -0.438 e. The van der Waals surface area contributed by atoms with Crippen LogP contribution in [0.5, 0.6) is 0 Å². The number of nitrogens with zero attached hydrogens (tertiary/aromatic N) is 3. The Balaban J connectivity index is 1.41. The summed E-state index contributed by atoms with van der Waals surface area (Å²) < 4.78 is 31.0. The van der Waals surface area contributed by atoms with Crippen LogP contribution in [0.4, 0.5) is 34.1 Å². The molecule has 0 saturated carbocycles. The van der Waals surface area contributed by atoms with E-state index in [1.54, 1.807) is 6.07 Å². The van der Waals surface area contributed by atoms with Gasteiger partial charge in [0.25, 0.3) is 6.71 Å². The fraction of sp³-hybridized carbons (Fsp3) is 0.0278. The highest BCUT2D eigenvalue weighted by Gasteiger charge is 2.43. The van der Waals surface area contributed by atoms with Crippen LogP contribution >= 0.6 is 0 Å². The van der Waals surface area contributed by atoms with Crippen LogP contribution in [0.2, 0.25) is 0 Å². The number of anilines is 6. The number of hydrogen-bond acceptors (Lipinski definition) is 4. The van der Waals surface area contributed by atoms with Crippen molar-refractivity contribution in [1.82, 2.24) is 4.98 Å². The first kappa shape index (κ1) is 19.7. The molecule has 2 aliphatic heterocycles. The normalized spacial score (nSPS) is 14.7. The zero-order chi connectivity index (χ0) is 29.6. The summed E-state index contributed by atoms with van der Waals surface area (Å²) in [4.78, 5) is 9.09. The predicted octanol–water partition coefficient (Wildman–Crippen LogP) is 7.37. The minimum atomic E-state index is -2.31. The molecule has 0 radical (unpaired) electrons. The first-order chi connectivity index (χ1) is 21.5. The molecule has 0 N–H and O–H groups in total. The smallest absolute Gasteiger partial charge is 0.252 e. The number of aryl methyl sites for hydroxylation is 1. The Morgan fingerprint density at radius 1 is 0.659 bits per heavy atom. The maximum Gasteiger partial charge on any atom is 0.252 e. The van der Waals surface area contributed by atoms with Gasteiger partial charge in [0, 0.05) is 49.8 Å². The van der Waals surface area contributed by atoms with E-state index < -0.39 is 6.85 Å². The molecular formula is C36H24BN3O. The van der Waals surface area contributed by atoms with Gasteiger partial charge in [-0.25, -0.2) is 4.98 Å². The number of hydrogen-bond donors (Lipinski definition) is 0. The number of fused-ring (bicyclic) bond motifs is 7. The Labute approximate surface area is 242 Å². The van der Waals surface area contributed by atoms with E-state index in [0.717, 1.165) is 45.0 Å². The topological polar surface area (TPSA) is 32.5 Å². The second-order valence-corrected chi connectivity index (χ2v) is 10.6. The largest absolute Gasteiger partial charge is 0.438 e. The zero-order valence-electron chi connectivity index (χ0n) is 25.0. The van der Waals surface area contributed by atoms with Crippen molar-refractivity contribution in [2.75, 3.05) is 9.80 Å². The van der Waals surface area contributed by atoms with Crippen LogP contribution in [-0.2, 0) is 0 Å². The molecule has 0 aliphatic carbocycles. The Hall–Kier alpha value is -5.29. The molecule has 0 atom stereocenters. The summed E-state index contributed by atoms with van der Waals surface area (Å²) in [7, 11) is 0. The molecule has 7 aromatic rings. The molecule has 4 heterocycles. The van der Waals surface area contributed by atoms with Crippen molar-refractivity contribution < 1.29 is 8.53 Å². The highest BCUT2D eigenvalue weighted by molar-refractivity contribution is 7.00. The van der Waals surface area contributed by atoms with E-state index >= 15 is 0 Å². The van der Waals surface area contributed by atoms with Gasteiger partial charge in [0.15, 0.2) is 0 Å². The number of rotatable bonds is 2. The number of aromatic nitrogens is 1. The molecule has 2 aromatic heterocycles. The minimum absolute atomic E-state index is 0.0695. The third kappa shape index (κ3) is 3.09. The predicted molar refractivity (Wildman–Crippen MR) is 170 cm³/mol. The molecule has 0 fully saturated rings. The third-order valence-electron chi connectivity index (χ3n) is 8.42. The van der Waals surface area contributed by atoms with E-state index in [-0.39, 0.29) is 12.3 Å². The maximum atomic E-state index is 8.24. The monoisotopic (exact) mass is 528 g/mol. The van der Waals surface area contributed by atoms with Crippen LogP contribution in [0.1, 0.15) is 9.68 Å². The fourth-order valence-electron chi connectivity index (χ4n) is 6.78. The van der Waals surface area contributed by atoms with Crippen molar-refractivity contribution in [3.05, 3.63) is 133 Å². The molecule has 0 spiro atoms. The molecule has 0 unspecified atom stereocenters. The van der Waals surface area contributed by atoms with E-state index in [1.807, 2.05) is 24.3 Å². The van der Waals surface area contributed by atoms with Gasteiger partial charge in [0.2, 0.25) is 5.71 Å². The molecular weight excluding hydrogens is 501 g/mol. The molecule has 0 bridgehead atoms. The van der Waals surface area contributed by atoms with E-state index in [0.29, 0.717) is 16.7 Å². The van der Waals surface area contributed by atoms with E-state index in [4.69, 9.17) is 8.53 Å². The van der Waals surface area contributed by atoms with Gasteiger partial charge in [-0.1, -0.05) is 60.7 Å². The fourth-order valence-corrected chi connectivity index (χ4v) is 6.78. The molecule has 5 aromatic carbocycles. The number of para-hydroxylation sites is 3. The Bertz CT molecular complexity index is 2250. The first-order valence-corrected chi connectivity index (χ1v) is 13.8. The first-order valence-electron chi connectivity index (χ1n) is 15.3. The molecule has 2 aliphatic rings. The average molecular weight is 528 g/mol. The molecule has 4 nitrogen and oxygen atoms in total. The molecule has 192 valence electrons. The summed E-state index contributed by atoms with van der Waals surface area (Å²) in [6.45, 7) is -2.38. The summed E-state index contributed by atoms with van der Waals surface area (Å²) in [5, 5.41) is 1.28. The van der Waals surface area contributed by atoms with E-state index in [1.165, 1.54) is 17.1 Å². The number of pyridine rings is 1. The van der Waals surface area contributed by atoms with Gasteiger partial charge in [0.1, 0.15) is 5.58 Å². The van der Waals surface area contributed by atoms with Gasteiger partial charge < -0.3 is 14.2 Å². The summed E-state index contributed by atoms with van der Waals surface area (Å²) in [6.07, 6.45) is 1.51. The molecule has 5 heteroatoms. The zero-order valence-corrected chi connectivity index (χ0v) is 22.0. The van der Waals surface area contributed by atoms with Crippen molar-refractivity contribution in [2.24, 2.45) is 0 Å². The van der Waals surface area contributed by atoms with Gasteiger partial charge in [-0.3, -0.25) is 0 Å². The highest BCUT2D eigenvalue weighted by Crippen LogP contribution is 2.45. The number of furan rings is 1. The number of benzene rings is 5. The van der Waals surface area contributed by atoms with Crippen molar-refractivity contribution in [3.63, 3.8) is 0 Å². The Morgan fingerprint density at radius 3 is 2.05 bits per heavy atom. The van der Waals surface area contributed by atoms with E-state index in [2.05, 4.69) is 106 Å². The summed E-state index contributed by atoms with van der Waals surface area (Å²) >= 11 is 0. The van der Waals surface area contributed by atoms with Crippen LogP contribution in [0.3, 0.4) is 0 Å². The lowest BCUT2D eigenvalue weighted by molar-refractivity contribution is 0.654. The van der Waals surface area contributed by atoms with Gasteiger partial charge in [-0.2, -0.15) is 0 Å². The lowest BCUT2D eigenvalue weighted by Crippen LogP contribution is -2.61.